The summed E-state index contributed by atoms with van der Waals surface area (Å²) >= 11 is 0. The molecule has 1 aromatic rings. The zero-order chi connectivity index (χ0) is 15.2. The second kappa shape index (κ2) is 7.25. The van der Waals surface area contributed by atoms with Gasteiger partial charge in [-0.25, -0.2) is 0 Å². The van der Waals surface area contributed by atoms with Crippen LogP contribution < -0.4 is 10.6 Å². The van der Waals surface area contributed by atoms with E-state index < -0.39 is 6.04 Å². The second-order valence-electron chi connectivity index (χ2n) is 5.87. The van der Waals surface area contributed by atoms with E-state index in [1.54, 1.807) is 0 Å². The first-order valence-electron chi connectivity index (χ1n) is 7.67. The van der Waals surface area contributed by atoms with Crippen molar-refractivity contribution in [3.63, 3.8) is 0 Å². The fourth-order valence-electron chi connectivity index (χ4n) is 3.01. The summed E-state index contributed by atoms with van der Waals surface area (Å²) in [6.45, 7) is 4.01. The first kappa shape index (κ1) is 15.5. The summed E-state index contributed by atoms with van der Waals surface area (Å²) in [6.07, 6.45) is 4.32. The summed E-state index contributed by atoms with van der Waals surface area (Å²) in [5.74, 6) is 0.0593. The standard InChI is InChI=1S/C17H24N2O2/c1-12-7-3-4-10-15(12)11-18-17(21)16(19-13(2)20)14-8-5-6-9-14/h3-4,7,10,14,16H,5-6,8-9,11H2,1-2H3,(H,18,21)(H,19,20). The van der Waals surface area contributed by atoms with E-state index in [2.05, 4.69) is 10.6 Å². The highest BCUT2D eigenvalue weighted by Gasteiger charge is 2.31. The SMILES string of the molecule is CC(=O)NC(C(=O)NCc1ccccc1C)C1CCCC1. The third kappa shape index (κ3) is 4.31. The Balaban J connectivity index is 1.97. The molecule has 1 unspecified atom stereocenters. The lowest BCUT2D eigenvalue weighted by molar-refractivity contribution is -0.129. The van der Waals surface area contributed by atoms with Gasteiger partial charge in [-0.3, -0.25) is 9.59 Å². The number of hydrogen-bond donors (Lipinski definition) is 2. The van der Waals surface area contributed by atoms with E-state index >= 15 is 0 Å². The molecular weight excluding hydrogens is 264 g/mol. The van der Waals surface area contributed by atoms with Crippen LogP contribution in [0.1, 0.15) is 43.7 Å². The molecule has 1 saturated carbocycles. The number of nitrogens with one attached hydrogen (secondary N) is 2. The highest BCUT2D eigenvalue weighted by atomic mass is 16.2. The van der Waals surface area contributed by atoms with Crippen LogP contribution in [-0.4, -0.2) is 17.9 Å². The minimum atomic E-state index is -0.394. The number of benzene rings is 1. The Morgan fingerprint density at radius 2 is 1.90 bits per heavy atom. The zero-order valence-electron chi connectivity index (χ0n) is 12.8. The van der Waals surface area contributed by atoms with E-state index in [0.717, 1.165) is 36.8 Å². The Morgan fingerprint density at radius 1 is 1.24 bits per heavy atom. The fraction of sp³-hybridized carbons (Fsp3) is 0.529. The Hall–Kier alpha value is -1.84. The largest absolute Gasteiger partial charge is 0.350 e. The molecule has 21 heavy (non-hydrogen) atoms. The molecule has 0 spiro atoms. The van der Waals surface area contributed by atoms with Gasteiger partial charge in [-0.2, -0.15) is 0 Å². The predicted molar refractivity (Wildman–Crippen MR) is 82.6 cm³/mol. The van der Waals surface area contributed by atoms with E-state index in [1.165, 1.54) is 6.92 Å². The van der Waals surface area contributed by atoms with Gasteiger partial charge in [0.15, 0.2) is 0 Å². The molecule has 1 aromatic carbocycles. The number of rotatable bonds is 5. The molecule has 114 valence electrons. The molecule has 0 saturated heterocycles. The normalized spacial score (nSPS) is 16.5. The minimum absolute atomic E-state index is 0.0691. The van der Waals surface area contributed by atoms with E-state index in [0.29, 0.717) is 6.54 Å². The smallest absolute Gasteiger partial charge is 0.243 e. The Kier molecular flexibility index (Phi) is 5.37. The lowest BCUT2D eigenvalue weighted by Crippen LogP contribution is -2.49. The summed E-state index contributed by atoms with van der Waals surface area (Å²) in [6, 6.07) is 7.60. The minimum Gasteiger partial charge on any atom is -0.350 e. The van der Waals surface area contributed by atoms with Crippen LogP contribution in [0.15, 0.2) is 24.3 Å². The average molecular weight is 288 g/mol. The second-order valence-corrected chi connectivity index (χ2v) is 5.87. The van der Waals surface area contributed by atoms with Crippen molar-refractivity contribution < 1.29 is 9.59 Å². The van der Waals surface area contributed by atoms with Crippen LogP contribution in [-0.2, 0) is 16.1 Å². The molecule has 0 aliphatic heterocycles. The van der Waals surface area contributed by atoms with Crippen LogP contribution >= 0.6 is 0 Å². The first-order valence-corrected chi connectivity index (χ1v) is 7.67. The van der Waals surface area contributed by atoms with Crippen molar-refractivity contribution >= 4 is 11.8 Å². The molecule has 0 heterocycles. The molecule has 1 aliphatic carbocycles. The van der Waals surface area contributed by atoms with Gasteiger partial charge in [-0.05, 0) is 36.8 Å². The van der Waals surface area contributed by atoms with Crippen LogP contribution in [0, 0.1) is 12.8 Å². The molecule has 2 rings (SSSR count). The van der Waals surface area contributed by atoms with Gasteiger partial charge in [0.2, 0.25) is 11.8 Å². The number of amides is 2. The van der Waals surface area contributed by atoms with Crippen molar-refractivity contribution in [3.05, 3.63) is 35.4 Å². The van der Waals surface area contributed by atoms with Crippen molar-refractivity contribution in [1.82, 2.24) is 10.6 Å². The van der Waals surface area contributed by atoms with Crippen LogP contribution in [0.4, 0.5) is 0 Å². The van der Waals surface area contributed by atoms with E-state index in [9.17, 15) is 9.59 Å². The van der Waals surface area contributed by atoms with Gasteiger partial charge in [-0.1, -0.05) is 37.1 Å². The van der Waals surface area contributed by atoms with Crippen molar-refractivity contribution in [2.75, 3.05) is 0 Å². The van der Waals surface area contributed by atoms with Gasteiger partial charge in [0.25, 0.3) is 0 Å². The summed E-state index contributed by atoms with van der Waals surface area (Å²) < 4.78 is 0. The van der Waals surface area contributed by atoms with Gasteiger partial charge < -0.3 is 10.6 Å². The highest BCUT2D eigenvalue weighted by molar-refractivity contribution is 5.87. The van der Waals surface area contributed by atoms with Crippen LogP contribution in [0.5, 0.6) is 0 Å². The molecule has 1 aliphatic rings. The van der Waals surface area contributed by atoms with Crippen LogP contribution in [0.25, 0.3) is 0 Å². The van der Waals surface area contributed by atoms with Gasteiger partial charge in [0, 0.05) is 13.5 Å². The van der Waals surface area contributed by atoms with Gasteiger partial charge in [0.1, 0.15) is 6.04 Å². The third-order valence-corrected chi connectivity index (χ3v) is 4.23. The first-order chi connectivity index (χ1) is 10.1. The van der Waals surface area contributed by atoms with Crippen molar-refractivity contribution in [2.45, 2.75) is 52.1 Å². The molecule has 0 radical (unpaired) electrons. The highest BCUT2D eigenvalue weighted by Crippen LogP contribution is 2.28. The Morgan fingerprint density at radius 3 is 2.52 bits per heavy atom. The lowest BCUT2D eigenvalue weighted by Gasteiger charge is -2.23. The molecule has 1 fully saturated rings. The topological polar surface area (TPSA) is 58.2 Å². The van der Waals surface area contributed by atoms with Gasteiger partial charge in [-0.15, -0.1) is 0 Å². The summed E-state index contributed by atoms with van der Waals surface area (Å²) in [7, 11) is 0. The molecular formula is C17H24N2O2. The summed E-state index contributed by atoms with van der Waals surface area (Å²) in [5, 5.41) is 5.79. The summed E-state index contributed by atoms with van der Waals surface area (Å²) in [4.78, 5) is 23.8. The molecule has 0 bridgehead atoms. The zero-order valence-corrected chi connectivity index (χ0v) is 12.8. The van der Waals surface area contributed by atoms with E-state index in [4.69, 9.17) is 0 Å². The molecule has 4 heteroatoms. The Bertz CT molecular complexity index is 507. The monoisotopic (exact) mass is 288 g/mol. The summed E-state index contributed by atoms with van der Waals surface area (Å²) in [5.41, 5.74) is 2.27. The van der Waals surface area contributed by atoms with Crippen molar-refractivity contribution in [2.24, 2.45) is 5.92 Å². The number of aryl methyl sites for hydroxylation is 1. The molecule has 2 amide bonds. The van der Waals surface area contributed by atoms with Gasteiger partial charge in [0.05, 0.1) is 0 Å². The number of carbonyl (C=O) groups is 2. The molecule has 4 nitrogen and oxygen atoms in total. The van der Waals surface area contributed by atoms with E-state index in [-0.39, 0.29) is 17.7 Å². The maximum atomic E-state index is 12.4. The maximum absolute atomic E-state index is 12.4. The van der Waals surface area contributed by atoms with Crippen molar-refractivity contribution in [3.8, 4) is 0 Å². The van der Waals surface area contributed by atoms with E-state index in [1.807, 2.05) is 31.2 Å². The maximum Gasteiger partial charge on any atom is 0.243 e. The van der Waals surface area contributed by atoms with Crippen molar-refractivity contribution in [1.29, 1.82) is 0 Å². The van der Waals surface area contributed by atoms with Crippen LogP contribution in [0.2, 0.25) is 0 Å². The predicted octanol–water partition coefficient (Wildman–Crippen LogP) is 2.31. The number of carbonyl (C=O) groups excluding carboxylic acids is 2. The average Bonchev–Trinajstić information content (AvgIpc) is 2.97. The molecule has 2 N–H and O–H groups in total. The van der Waals surface area contributed by atoms with Gasteiger partial charge >= 0.3 is 0 Å². The molecule has 1 atom stereocenters. The Labute approximate surface area is 126 Å². The quantitative estimate of drug-likeness (QED) is 0.873. The van der Waals surface area contributed by atoms with Crippen LogP contribution in [0.3, 0.4) is 0 Å². The lowest BCUT2D eigenvalue weighted by atomic mass is 9.97. The third-order valence-electron chi connectivity index (χ3n) is 4.23. The molecule has 0 aromatic heterocycles. The number of hydrogen-bond acceptors (Lipinski definition) is 2. The fourth-order valence-corrected chi connectivity index (χ4v) is 3.01.